The number of aryl methyl sites for hydroxylation is 1. The van der Waals surface area contributed by atoms with Gasteiger partial charge >= 0.3 is 0 Å². The van der Waals surface area contributed by atoms with Crippen molar-refractivity contribution in [2.75, 3.05) is 13.1 Å². The van der Waals surface area contributed by atoms with Gasteiger partial charge in [-0.15, -0.1) is 0 Å². The maximum absolute atomic E-state index is 3.40. The van der Waals surface area contributed by atoms with Crippen LogP contribution in [0.4, 0.5) is 0 Å². The first-order valence-corrected chi connectivity index (χ1v) is 6.12. The predicted molar refractivity (Wildman–Crippen MR) is 72.5 cm³/mol. The molecule has 0 atom stereocenters. The minimum absolute atomic E-state index is 0.596. The quantitative estimate of drug-likeness (QED) is 0.794. The Morgan fingerprint density at radius 2 is 2.00 bits per heavy atom. The molecule has 1 heteroatoms. The van der Waals surface area contributed by atoms with Crippen molar-refractivity contribution in [2.45, 2.75) is 27.7 Å². The number of benzene rings is 1. The number of nitrogens with one attached hydrogen (secondary N) is 1. The Balaban J connectivity index is 2.89. The number of likely N-dealkylation sites (N-methyl/N-ethyl adjacent to an activating group) is 1. The molecule has 16 heavy (non-hydrogen) atoms. The van der Waals surface area contributed by atoms with E-state index in [1.54, 1.807) is 0 Å². The largest absolute Gasteiger partial charge is 0.313 e. The summed E-state index contributed by atoms with van der Waals surface area (Å²) in [5.41, 5.74) is 4.15. The number of hydrogen-bond acceptors (Lipinski definition) is 1. The Labute approximate surface area is 99.6 Å². The zero-order chi connectivity index (χ0) is 12.0. The van der Waals surface area contributed by atoms with Crippen molar-refractivity contribution in [3.63, 3.8) is 0 Å². The van der Waals surface area contributed by atoms with Crippen LogP contribution in [0.1, 0.15) is 31.9 Å². The molecule has 1 nitrogen and oxygen atoms in total. The van der Waals surface area contributed by atoms with E-state index in [2.05, 4.69) is 63.4 Å². The van der Waals surface area contributed by atoms with E-state index in [-0.39, 0.29) is 0 Å². The van der Waals surface area contributed by atoms with Crippen LogP contribution in [0.3, 0.4) is 0 Å². The Bertz CT molecular complexity index is 350. The standard InChI is InChI=1S/C15H23N/c1-5-16-11-15(12(2)3)10-14-9-7-6-8-13(14)4/h6-10,12,16H,5,11H2,1-4H3. The molecule has 1 aromatic rings. The average molecular weight is 217 g/mol. The molecule has 0 spiro atoms. The van der Waals surface area contributed by atoms with Crippen LogP contribution in [0.25, 0.3) is 6.08 Å². The summed E-state index contributed by atoms with van der Waals surface area (Å²) in [6.07, 6.45) is 2.32. The molecule has 0 fully saturated rings. The fraction of sp³-hybridized carbons (Fsp3) is 0.467. The van der Waals surface area contributed by atoms with E-state index in [0.29, 0.717) is 5.92 Å². The molecule has 0 saturated carbocycles. The fourth-order valence-corrected chi connectivity index (χ4v) is 1.64. The molecule has 0 aliphatic carbocycles. The van der Waals surface area contributed by atoms with Crippen molar-refractivity contribution in [3.8, 4) is 0 Å². The normalized spacial score (nSPS) is 12.2. The van der Waals surface area contributed by atoms with Crippen LogP contribution in [0.2, 0.25) is 0 Å². The highest BCUT2D eigenvalue weighted by atomic mass is 14.8. The fourth-order valence-electron chi connectivity index (χ4n) is 1.64. The van der Waals surface area contributed by atoms with E-state index in [0.717, 1.165) is 13.1 Å². The molecule has 0 radical (unpaired) electrons. The first kappa shape index (κ1) is 13.0. The molecule has 0 heterocycles. The SMILES string of the molecule is CCNCC(=Cc1ccccc1C)C(C)C. The average Bonchev–Trinajstić information content (AvgIpc) is 2.26. The molecule has 0 amide bonds. The van der Waals surface area contributed by atoms with Crippen LogP contribution >= 0.6 is 0 Å². The zero-order valence-electron chi connectivity index (χ0n) is 10.9. The molecule has 1 N–H and O–H groups in total. The summed E-state index contributed by atoms with van der Waals surface area (Å²) in [6.45, 7) is 10.8. The van der Waals surface area contributed by atoms with Crippen LogP contribution in [-0.2, 0) is 0 Å². The molecule has 1 aromatic carbocycles. The highest BCUT2D eigenvalue weighted by Crippen LogP contribution is 2.16. The highest BCUT2D eigenvalue weighted by Gasteiger charge is 2.03. The molecule has 1 rings (SSSR count). The Kier molecular flexibility index (Phi) is 5.27. The van der Waals surface area contributed by atoms with Crippen LogP contribution in [0, 0.1) is 12.8 Å². The highest BCUT2D eigenvalue weighted by molar-refractivity contribution is 5.57. The van der Waals surface area contributed by atoms with Crippen LogP contribution in [0.5, 0.6) is 0 Å². The van der Waals surface area contributed by atoms with Crippen molar-refractivity contribution in [1.29, 1.82) is 0 Å². The van der Waals surface area contributed by atoms with Gasteiger partial charge in [0.05, 0.1) is 0 Å². The van der Waals surface area contributed by atoms with Crippen molar-refractivity contribution in [3.05, 3.63) is 41.0 Å². The van der Waals surface area contributed by atoms with Crippen molar-refractivity contribution in [1.82, 2.24) is 5.32 Å². The lowest BCUT2D eigenvalue weighted by molar-refractivity contribution is 0.682. The van der Waals surface area contributed by atoms with Crippen LogP contribution in [0.15, 0.2) is 29.8 Å². The summed E-state index contributed by atoms with van der Waals surface area (Å²) < 4.78 is 0. The van der Waals surface area contributed by atoms with Gasteiger partial charge in [0.25, 0.3) is 0 Å². The maximum Gasteiger partial charge on any atom is 0.0170 e. The van der Waals surface area contributed by atoms with Crippen molar-refractivity contribution in [2.24, 2.45) is 5.92 Å². The van der Waals surface area contributed by atoms with Gasteiger partial charge in [0, 0.05) is 6.54 Å². The van der Waals surface area contributed by atoms with E-state index >= 15 is 0 Å². The summed E-state index contributed by atoms with van der Waals surface area (Å²) >= 11 is 0. The van der Waals surface area contributed by atoms with Gasteiger partial charge < -0.3 is 5.32 Å². The lowest BCUT2D eigenvalue weighted by Crippen LogP contribution is -2.18. The Morgan fingerprint density at radius 1 is 1.31 bits per heavy atom. The van der Waals surface area contributed by atoms with E-state index in [1.165, 1.54) is 16.7 Å². The second-order valence-electron chi connectivity index (χ2n) is 4.51. The third kappa shape index (κ3) is 3.82. The molecular weight excluding hydrogens is 194 g/mol. The topological polar surface area (TPSA) is 12.0 Å². The second kappa shape index (κ2) is 6.49. The van der Waals surface area contributed by atoms with Gasteiger partial charge in [0.15, 0.2) is 0 Å². The summed E-state index contributed by atoms with van der Waals surface area (Å²) in [6, 6.07) is 8.54. The summed E-state index contributed by atoms with van der Waals surface area (Å²) in [5, 5.41) is 3.40. The molecule has 0 saturated heterocycles. The van der Waals surface area contributed by atoms with Gasteiger partial charge in [-0.2, -0.15) is 0 Å². The van der Waals surface area contributed by atoms with Gasteiger partial charge in [0.1, 0.15) is 0 Å². The molecule has 0 unspecified atom stereocenters. The van der Waals surface area contributed by atoms with E-state index < -0.39 is 0 Å². The smallest absolute Gasteiger partial charge is 0.0170 e. The Morgan fingerprint density at radius 3 is 2.56 bits per heavy atom. The second-order valence-corrected chi connectivity index (χ2v) is 4.51. The first-order valence-electron chi connectivity index (χ1n) is 6.12. The number of rotatable bonds is 5. The summed E-state index contributed by atoms with van der Waals surface area (Å²) in [7, 11) is 0. The Hall–Kier alpha value is -1.08. The lowest BCUT2D eigenvalue weighted by atomic mass is 9.98. The monoisotopic (exact) mass is 217 g/mol. The molecule has 0 aromatic heterocycles. The molecule has 88 valence electrons. The molecule has 0 aliphatic rings. The summed E-state index contributed by atoms with van der Waals surface area (Å²) in [4.78, 5) is 0. The van der Waals surface area contributed by atoms with Gasteiger partial charge in [-0.1, -0.05) is 56.7 Å². The van der Waals surface area contributed by atoms with Crippen LogP contribution in [-0.4, -0.2) is 13.1 Å². The van der Waals surface area contributed by atoms with Gasteiger partial charge in [-0.25, -0.2) is 0 Å². The van der Waals surface area contributed by atoms with E-state index in [9.17, 15) is 0 Å². The molecular formula is C15H23N. The zero-order valence-corrected chi connectivity index (χ0v) is 10.9. The summed E-state index contributed by atoms with van der Waals surface area (Å²) in [5.74, 6) is 0.596. The predicted octanol–water partition coefficient (Wildman–Crippen LogP) is 3.64. The third-order valence-corrected chi connectivity index (χ3v) is 2.85. The van der Waals surface area contributed by atoms with E-state index in [1.807, 2.05) is 0 Å². The number of hydrogen-bond donors (Lipinski definition) is 1. The van der Waals surface area contributed by atoms with Gasteiger partial charge in [-0.3, -0.25) is 0 Å². The maximum atomic E-state index is 3.40. The minimum Gasteiger partial charge on any atom is -0.313 e. The third-order valence-electron chi connectivity index (χ3n) is 2.85. The van der Waals surface area contributed by atoms with Crippen LogP contribution < -0.4 is 5.32 Å². The van der Waals surface area contributed by atoms with E-state index in [4.69, 9.17) is 0 Å². The lowest BCUT2D eigenvalue weighted by Gasteiger charge is -2.13. The first-order chi connectivity index (χ1) is 7.65. The van der Waals surface area contributed by atoms with Gasteiger partial charge in [-0.05, 0) is 30.5 Å². The minimum atomic E-state index is 0.596. The van der Waals surface area contributed by atoms with Gasteiger partial charge in [0.2, 0.25) is 0 Å². The molecule has 0 aliphatic heterocycles. The molecule has 0 bridgehead atoms. The van der Waals surface area contributed by atoms with Crippen molar-refractivity contribution < 1.29 is 0 Å². The van der Waals surface area contributed by atoms with Crippen molar-refractivity contribution >= 4 is 6.08 Å².